The molecule has 2 aromatic rings. The van der Waals surface area contributed by atoms with Crippen molar-refractivity contribution < 1.29 is 9.90 Å². The van der Waals surface area contributed by atoms with Gasteiger partial charge in [-0.15, -0.1) is 0 Å². The van der Waals surface area contributed by atoms with E-state index in [4.69, 9.17) is 0 Å². The third kappa shape index (κ3) is 1.47. The first kappa shape index (κ1) is 9.90. The van der Waals surface area contributed by atoms with Gasteiger partial charge in [-0.3, -0.25) is 4.90 Å². The van der Waals surface area contributed by atoms with Gasteiger partial charge in [-0.2, -0.15) is 0 Å². The first-order chi connectivity index (χ1) is 8.27. The number of nitrogens with zero attached hydrogens (tertiary/aromatic N) is 1. The van der Waals surface area contributed by atoms with Crippen LogP contribution >= 0.6 is 0 Å². The summed E-state index contributed by atoms with van der Waals surface area (Å²) in [6.45, 7) is 0.419. The van der Waals surface area contributed by atoms with Crippen molar-refractivity contribution in [1.82, 2.24) is 0 Å². The number of anilines is 1. The minimum Gasteiger partial charge on any atom is -0.465 e. The molecule has 1 amide bonds. The van der Waals surface area contributed by atoms with E-state index in [0.717, 1.165) is 22.4 Å². The summed E-state index contributed by atoms with van der Waals surface area (Å²) in [5, 5.41) is 9.24. The molecule has 3 nitrogen and oxygen atoms in total. The fraction of sp³-hybridized carbons (Fsp3) is 0.0714. The fourth-order valence-corrected chi connectivity index (χ4v) is 2.28. The fourth-order valence-electron chi connectivity index (χ4n) is 2.28. The van der Waals surface area contributed by atoms with Crippen LogP contribution in [0.1, 0.15) is 5.56 Å². The SMILES string of the molecule is O=C(O)N1Cc2ccccc2-c2ccccc21. The van der Waals surface area contributed by atoms with Gasteiger partial charge in [0.2, 0.25) is 0 Å². The molecule has 0 fully saturated rings. The van der Waals surface area contributed by atoms with Crippen molar-refractivity contribution in [3.8, 4) is 11.1 Å². The molecule has 0 unspecified atom stereocenters. The normalized spacial score (nSPS) is 12.8. The van der Waals surface area contributed by atoms with Crippen LogP contribution in [0.25, 0.3) is 11.1 Å². The van der Waals surface area contributed by atoms with E-state index in [1.165, 1.54) is 4.90 Å². The van der Waals surface area contributed by atoms with Gasteiger partial charge in [-0.05, 0) is 17.2 Å². The average Bonchev–Trinajstić information content (AvgIpc) is 2.37. The average molecular weight is 225 g/mol. The molecule has 1 aliphatic heterocycles. The minimum atomic E-state index is -0.910. The Bertz CT molecular complexity index is 592. The maximum atomic E-state index is 11.3. The first-order valence-corrected chi connectivity index (χ1v) is 5.45. The minimum absolute atomic E-state index is 0.419. The van der Waals surface area contributed by atoms with Crippen LogP contribution in [0.4, 0.5) is 10.5 Å². The second-order valence-corrected chi connectivity index (χ2v) is 4.04. The van der Waals surface area contributed by atoms with Crippen molar-refractivity contribution in [2.75, 3.05) is 4.90 Å². The van der Waals surface area contributed by atoms with Crippen molar-refractivity contribution in [2.24, 2.45) is 0 Å². The van der Waals surface area contributed by atoms with E-state index >= 15 is 0 Å². The third-order valence-electron chi connectivity index (χ3n) is 3.06. The van der Waals surface area contributed by atoms with Crippen LogP contribution in [0.2, 0.25) is 0 Å². The largest absolute Gasteiger partial charge is 0.465 e. The van der Waals surface area contributed by atoms with Crippen molar-refractivity contribution in [3.05, 3.63) is 54.1 Å². The van der Waals surface area contributed by atoms with Crippen LogP contribution in [0, 0.1) is 0 Å². The Hall–Kier alpha value is -2.29. The highest BCUT2D eigenvalue weighted by Crippen LogP contribution is 2.38. The highest BCUT2D eigenvalue weighted by molar-refractivity contribution is 5.95. The van der Waals surface area contributed by atoms with Gasteiger partial charge in [0.15, 0.2) is 0 Å². The summed E-state index contributed by atoms with van der Waals surface area (Å²) in [7, 11) is 0. The molecule has 0 atom stereocenters. The molecule has 3 rings (SSSR count). The molecule has 0 bridgehead atoms. The Balaban J connectivity index is 2.26. The summed E-state index contributed by atoms with van der Waals surface area (Å²) in [5.74, 6) is 0. The lowest BCUT2D eigenvalue weighted by atomic mass is 9.94. The van der Waals surface area contributed by atoms with E-state index in [9.17, 15) is 9.90 Å². The summed E-state index contributed by atoms with van der Waals surface area (Å²) < 4.78 is 0. The lowest BCUT2D eigenvalue weighted by Crippen LogP contribution is -2.31. The molecule has 0 saturated heterocycles. The maximum absolute atomic E-state index is 11.3. The number of fused-ring (bicyclic) bond motifs is 3. The molecule has 1 aliphatic rings. The molecule has 1 heterocycles. The van der Waals surface area contributed by atoms with Gasteiger partial charge < -0.3 is 5.11 Å². The second kappa shape index (κ2) is 3.63. The molecule has 0 spiro atoms. The van der Waals surface area contributed by atoms with E-state index in [-0.39, 0.29) is 0 Å². The van der Waals surface area contributed by atoms with Crippen LogP contribution < -0.4 is 4.90 Å². The van der Waals surface area contributed by atoms with Gasteiger partial charge in [-0.1, -0.05) is 42.5 Å². The second-order valence-electron chi connectivity index (χ2n) is 4.04. The summed E-state index contributed by atoms with van der Waals surface area (Å²) in [5.41, 5.74) is 3.92. The van der Waals surface area contributed by atoms with E-state index in [1.54, 1.807) is 0 Å². The zero-order valence-electron chi connectivity index (χ0n) is 9.13. The maximum Gasteiger partial charge on any atom is 0.412 e. The topological polar surface area (TPSA) is 40.5 Å². The number of carbonyl (C=O) groups is 1. The van der Waals surface area contributed by atoms with Gasteiger partial charge in [0.1, 0.15) is 0 Å². The first-order valence-electron chi connectivity index (χ1n) is 5.45. The highest BCUT2D eigenvalue weighted by atomic mass is 16.4. The summed E-state index contributed by atoms with van der Waals surface area (Å²) in [6, 6.07) is 15.5. The molecule has 84 valence electrons. The van der Waals surface area contributed by atoms with Crippen molar-refractivity contribution in [3.63, 3.8) is 0 Å². The molecule has 2 aromatic carbocycles. The van der Waals surface area contributed by atoms with Crippen molar-refractivity contribution in [1.29, 1.82) is 0 Å². The van der Waals surface area contributed by atoms with Crippen LogP contribution in [0.3, 0.4) is 0 Å². The summed E-state index contributed by atoms with van der Waals surface area (Å²) in [4.78, 5) is 12.6. The smallest absolute Gasteiger partial charge is 0.412 e. The Morgan fingerprint density at radius 3 is 2.41 bits per heavy atom. The lowest BCUT2D eigenvalue weighted by Gasteiger charge is -2.28. The quantitative estimate of drug-likeness (QED) is 0.746. The zero-order valence-corrected chi connectivity index (χ0v) is 9.13. The van der Waals surface area contributed by atoms with Crippen LogP contribution in [-0.2, 0) is 6.54 Å². The van der Waals surface area contributed by atoms with Crippen molar-refractivity contribution in [2.45, 2.75) is 6.54 Å². The monoisotopic (exact) mass is 225 g/mol. The van der Waals surface area contributed by atoms with E-state index in [0.29, 0.717) is 6.54 Å². The Morgan fingerprint density at radius 2 is 1.65 bits per heavy atom. The lowest BCUT2D eigenvalue weighted by molar-refractivity contribution is 0.201. The van der Waals surface area contributed by atoms with E-state index in [2.05, 4.69) is 0 Å². The Morgan fingerprint density at radius 1 is 1.00 bits per heavy atom. The number of rotatable bonds is 0. The number of para-hydroxylation sites is 1. The predicted molar refractivity (Wildman–Crippen MR) is 66.1 cm³/mol. The zero-order chi connectivity index (χ0) is 11.8. The molecule has 0 aliphatic carbocycles. The summed E-state index contributed by atoms with van der Waals surface area (Å²) >= 11 is 0. The van der Waals surface area contributed by atoms with Crippen LogP contribution in [-0.4, -0.2) is 11.2 Å². The molecular formula is C14H11NO2. The molecule has 0 saturated carbocycles. The van der Waals surface area contributed by atoms with Crippen molar-refractivity contribution >= 4 is 11.8 Å². The molecule has 0 aromatic heterocycles. The summed E-state index contributed by atoms with van der Waals surface area (Å²) in [6.07, 6.45) is -0.910. The predicted octanol–water partition coefficient (Wildman–Crippen LogP) is 3.35. The Kier molecular flexibility index (Phi) is 2.11. The molecule has 3 heteroatoms. The highest BCUT2D eigenvalue weighted by Gasteiger charge is 2.25. The number of hydrogen-bond acceptors (Lipinski definition) is 1. The third-order valence-corrected chi connectivity index (χ3v) is 3.06. The molecular weight excluding hydrogens is 214 g/mol. The standard InChI is InChI=1S/C14H11NO2/c16-14(17)15-9-10-5-1-2-6-11(10)12-7-3-4-8-13(12)15/h1-8H,9H2,(H,16,17). The number of carboxylic acid groups (broad SMARTS) is 1. The van der Waals surface area contributed by atoms with E-state index in [1.807, 2.05) is 48.5 Å². The van der Waals surface area contributed by atoms with Crippen LogP contribution in [0.15, 0.2) is 48.5 Å². The van der Waals surface area contributed by atoms with Crippen LogP contribution in [0.5, 0.6) is 0 Å². The molecule has 0 radical (unpaired) electrons. The van der Waals surface area contributed by atoms with Gasteiger partial charge in [0.25, 0.3) is 0 Å². The van der Waals surface area contributed by atoms with Gasteiger partial charge >= 0.3 is 6.09 Å². The van der Waals surface area contributed by atoms with Gasteiger partial charge in [-0.25, -0.2) is 4.79 Å². The molecule has 17 heavy (non-hydrogen) atoms. The van der Waals surface area contributed by atoms with Gasteiger partial charge in [0, 0.05) is 5.56 Å². The number of benzene rings is 2. The number of hydrogen-bond donors (Lipinski definition) is 1. The van der Waals surface area contributed by atoms with E-state index < -0.39 is 6.09 Å². The van der Waals surface area contributed by atoms with Gasteiger partial charge in [0.05, 0.1) is 12.2 Å². The molecule has 1 N–H and O–H groups in total. The number of amides is 1. The Labute approximate surface area is 98.9 Å².